The summed E-state index contributed by atoms with van der Waals surface area (Å²) in [7, 11) is 4.83. The topological polar surface area (TPSA) is 56.4 Å². The standard InChI is InChI=1S/C22H20N2O3/c1-25-18-12-15(13-19(26-2)21(18)27-3)16-10-7-11-17-20(16)24-22(23-17)14-8-5-4-6-9-14/h4-13H,1-3H3,(H,23,24). The first-order valence-electron chi connectivity index (χ1n) is 8.59. The van der Waals surface area contributed by atoms with Crippen LogP contribution >= 0.6 is 0 Å². The van der Waals surface area contributed by atoms with Gasteiger partial charge in [-0.1, -0.05) is 42.5 Å². The highest BCUT2D eigenvalue weighted by molar-refractivity contribution is 5.94. The first-order chi connectivity index (χ1) is 13.2. The molecule has 5 nitrogen and oxygen atoms in total. The number of nitrogens with zero attached hydrogens (tertiary/aromatic N) is 1. The van der Waals surface area contributed by atoms with Gasteiger partial charge < -0.3 is 19.2 Å². The van der Waals surface area contributed by atoms with Gasteiger partial charge in [0.2, 0.25) is 5.75 Å². The van der Waals surface area contributed by atoms with E-state index < -0.39 is 0 Å². The molecule has 3 aromatic carbocycles. The SMILES string of the molecule is COc1cc(-c2cccc3[nH]c(-c4ccccc4)nc23)cc(OC)c1OC. The predicted molar refractivity (Wildman–Crippen MR) is 107 cm³/mol. The molecular weight excluding hydrogens is 340 g/mol. The second-order valence-electron chi connectivity index (χ2n) is 6.07. The molecule has 5 heteroatoms. The van der Waals surface area contributed by atoms with Crippen molar-refractivity contribution in [3.8, 4) is 39.8 Å². The minimum absolute atomic E-state index is 0.572. The predicted octanol–water partition coefficient (Wildman–Crippen LogP) is 4.92. The summed E-state index contributed by atoms with van der Waals surface area (Å²) < 4.78 is 16.4. The smallest absolute Gasteiger partial charge is 0.203 e. The molecule has 4 rings (SSSR count). The number of hydrogen-bond donors (Lipinski definition) is 1. The normalized spacial score (nSPS) is 10.8. The summed E-state index contributed by atoms with van der Waals surface area (Å²) >= 11 is 0. The highest BCUT2D eigenvalue weighted by atomic mass is 16.5. The van der Waals surface area contributed by atoms with Crippen LogP contribution in [-0.4, -0.2) is 31.3 Å². The van der Waals surface area contributed by atoms with Gasteiger partial charge in [0.25, 0.3) is 0 Å². The molecule has 1 heterocycles. The van der Waals surface area contributed by atoms with Crippen molar-refractivity contribution in [2.24, 2.45) is 0 Å². The maximum atomic E-state index is 5.49. The minimum atomic E-state index is 0.572. The third-order valence-corrected chi connectivity index (χ3v) is 4.54. The van der Waals surface area contributed by atoms with Gasteiger partial charge in [0.05, 0.1) is 32.4 Å². The number of imidazole rings is 1. The van der Waals surface area contributed by atoms with Crippen molar-refractivity contribution >= 4 is 11.0 Å². The fourth-order valence-corrected chi connectivity index (χ4v) is 3.23. The number of ether oxygens (including phenoxy) is 3. The van der Waals surface area contributed by atoms with Crippen LogP contribution in [0.3, 0.4) is 0 Å². The van der Waals surface area contributed by atoms with E-state index in [1.807, 2.05) is 60.7 Å². The molecule has 0 unspecified atom stereocenters. The molecule has 0 aliphatic heterocycles. The van der Waals surface area contributed by atoms with Gasteiger partial charge in [-0.2, -0.15) is 0 Å². The molecule has 0 atom stereocenters. The zero-order valence-electron chi connectivity index (χ0n) is 15.4. The Morgan fingerprint density at radius 3 is 2.07 bits per heavy atom. The van der Waals surface area contributed by atoms with Crippen molar-refractivity contribution in [2.75, 3.05) is 21.3 Å². The number of aromatic amines is 1. The molecule has 0 bridgehead atoms. The first kappa shape index (κ1) is 17.0. The quantitative estimate of drug-likeness (QED) is 0.549. The number of para-hydroxylation sites is 1. The van der Waals surface area contributed by atoms with Crippen molar-refractivity contribution in [3.05, 3.63) is 60.7 Å². The molecule has 27 heavy (non-hydrogen) atoms. The Morgan fingerprint density at radius 1 is 0.741 bits per heavy atom. The van der Waals surface area contributed by atoms with E-state index in [1.165, 1.54) is 0 Å². The van der Waals surface area contributed by atoms with Gasteiger partial charge in [-0.25, -0.2) is 4.98 Å². The number of methoxy groups -OCH3 is 3. The van der Waals surface area contributed by atoms with Crippen molar-refractivity contribution in [2.45, 2.75) is 0 Å². The lowest BCUT2D eigenvalue weighted by atomic mass is 10.0. The fraction of sp³-hybridized carbons (Fsp3) is 0.136. The molecule has 1 N–H and O–H groups in total. The van der Waals surface area contributed by atoms with Crippen LogP contribution in [0.15, 0.2) is 60.7 Å². The van der Waals surface area contributed by atoms with Gasteiger partial charge in [0, 0.05) is 11.1 Å². The molecule has 1 aromatic heterocycles. The first-order valence-corrected chi connectivity index (χ1v) is 8.59. The molecule has 136 valence electrons. The molecule has 0 aliphatic carbocycles. The molecule has 0 radical (unpaired) electrons. The Kier molecular flexibility index (Phi) is 4.42. The van der Waals surface area contributed by atoms with Crippen LogP contribution in [0.1, 0.15) is 0 Å². The maximum Gasteiger partial charge on any atom is 0.203 e. The average molecular weight is 360 g/mol. The molecule has 0 spiro atoms. The highest BCUT2D eigenvalue weighted by Crippen LogP contribution is 2.42. The van der Waals surface area contributed by atoms with E-state index in [9.17, 15) is 0 Å². The monoisotopic (exact) mass is 360 g/mol. The summed E-state index contributed by atoms with van der Waals surface area (Å²) in [5.41, 5.74) is 4.85. The number of fused-ring (bicyclic) bond motifs is 1. The Bertz CT molecular complexity index is 1060. The number of nitrogens with one attached hydrogen (secondary N) is 1. The van der Waals surface area contributed by atoms with E-state index in [0.717, 1.165) is 33.5 Å². The van der Waals surface area contributed by atoms with Crippen LogP contribution in [0.5, 0.6) is 17.2 Å². The molecule has 0 fully saturated rings. The lowest BCUT2D eigenvalue weighted by molar-refractivity contribution is 0.324. The van der Waals surface area contributed by atoms with Gasteiger partial charge >= 0.3 is 0 Å². The van der Waals surface area contributed by atoms with E-state index in [0.29, 0.717) is 17.2 Å². The van der Waals surface area contributed by atoms with Crippen LogP contribution in [-0.2, 0) is 0 Å². The second-order valence-corrected chi connectivity index (χ2v) is 6.07. The van der Waals surface area contributed by atoms with Crippen molar-refractivity contribution < 1.29 is 14.2 Å². The number of aromatic nitrogens is 2. The van der Waals surface area contributed by atoms with Crippen LogP contribution in [0.2, 0.25) is 0 Å². The Balaban J connectivity index is 1.91. The van der Waals surface area contributed by atoms with Gasteiger partial charge in [-0.05, 0) is 23.8 Å². The van der Waals surface area contributed by atoms with E-state index >= 15 is 0 Å². The Hall–Kier alpha value is -3.47. The number of H-pyrrole nitrogens is 1. The highest BCUT2D eigenvalue weighted by Gasteiger charge is 2.17. The molecule has 0 amide bonds. The van der Waals surface area contributed by atoms with Gasteiger partial charge in [-0.3, -0.25) is 0 Å². The third-order valence-electron chi connectivity index (χ3n) is 4.54. The zero-order chi connectivity index (χ0) is 18.8. The van der Waals surface area contributed by atoms with Gasteiger partial charge in [0.15, 0.2) is 11.5 Å². The van der Waals surface area contributed by atoms with Crippen LogP contribution < -0.4 is 14.2 Å². The average Bonchev–Trinajstić information content (AvgIpc) is 3.17. The Morgan fingerprint density at radius 2 is 1.44 bits per heavy atom. The zero-order valence-corrected chi connectivity index (χ0v) is 15.4. The van der Waals surface area contributed by atoms with Gasteiger partial charge in [-0.15, -0.1) is 0 Å². The van der Waals surface area contributed by atoms with E-state index in [1.54, 1.807) is 21.3 Å². The fourth-order valence-electron chi connectivity index (χ4n) is 3.23. The summed E-state index contributed by atoms with van der Waals surface area (Å²) in [6.07, 6.45) is 0. The van der Waals surface area contributed by atoms with Crippen molar-refractivity contribution in [1.82, 2.24) is 9.97 Å². The van der Waals surface area contributed by atoms with E-state index in [4.69, 9.17) is 19.2 Å². The molecule has 0 saturated heterocycles. The lowest BCUT2D eigenvalue weighted by Crippen LogP contribution is -1.96. The second kappa shape index (κ2) is 7.03. The summed E-state index contributed by atoms with van der Waals surface area (Å²) in [5.74, 6) is 2.64. The molecular formula is C22H20N2O3. The lowest BCUT2D eigenvalue weighted by Gasteiger charge is -2.14. The van der Waals surface area contributed by atoms with E-state index in [-0.39, 0.29) is 0 Å². The molecule has 0 saturated carbocycles. The van der Waals surface area contributed by atoms with Crippen LogP contribution in [0.4, 0.5) is 0 Å². The van der Waals surface area contributed by atoms with Crippen LogP contribution in [0, 0.1) is 0 Å². The maximum absolute atomic E-state index is 5.49. The molecule has 4 aromatic rings. The number of hydrogen-bond acceptors (Lipinski definition) is 4. The minimum Gasteiger partial charge on any atom is -0.493 e. The third kappa shape index (κ3) is 2.97. The van der Waals surface area contributed by atoms with Crippen LogP contribution in [0.25, 0.3) is 33.5 Å². The Labute approximate surface area is 157 Å². The van der Waals surface area contributed by atoms with E-state index in [2.05, 4.69) is 4.98 Å². The van der Waals surface area contributed by atoms with Gasteiger partial charge in [0.1, 0.15) is 5.82 Å². The van der Waals surface area contributed by atoms with Crippen molar-refractivity contribution in [3.63, 3.8) is 0 Å². The summed E-state index contributed by atoms with van der Waals surface area (Å²) in [5, 5.41) is 0. The summed E-state index contributed by atoms with van der Waals surface area (Å²) in [6, 6.07) is 20.0. The number of rotatable bonds is 5. The summed E-state index contributed by atoms with van der Waals surface area (Å²) in [4.78, 5) is 8.25. The molecule has 0 aliphatic rings. The number of benzene rings is 3. The summed E-state index contributed by atoms with van der Waals surface area (Å²) in [6.45, 7) is 0. The van der Waals surface area contributed by atoms with Crippen molar-refractivity contribution in [1.29, 1.82) is 0 Å². The largest absolute Gasteiger partial charge is 0.493 e.